The van der Waals surface area contributed by atoms with Crippen molar-refractivity contribution >= 4 is 0 Å². The van der Waals surface area contributed by atoms with E-state index in [2.05, 4.69) is 31.4 Å². The number of nitrogens with one attached hydrogen (secondary N) is 2. The molecule has 1 atom stereocenters. The highest BCUT2D eigenvalue weighted by Gasteiger charge is 2.03. The molecule has 1 heterocycles. The van der Waals surface area contributed by atoms with Gasteiger partial charge in [0.05, 0.1) is 0 Å². The van der Waals surface area contributed by atoms with Crippen molar-refractivity contribution in [3.05, 3.63) is 0 Å². The minimum atomic E-state index is 0.675. The molecule has 0 amide bonds. The molecule has 0 aromatic carbocycles. The van der Waals surface area contributed by atoms with Crippen molar-refractivity contribution in [3.63, 3.8) is 0 Å². The fourth-order valence-corrected chi connectivity index (χ4v) is 0.798. The van der Waals surface area contributed by atoms with E-state index in [1.807, 2.05) is 0 Å². The molecule has 2 nitrogen and oxygen atoms in total. The Morgan fingerprint density at radius 3 is 2.00 bits per heavy atom. The van der Waals surface area contributed by atoms with Crippen LogP contribution in [0.1, 0.15) is 33.6 Å². The second-order valence-corrected chi connectivity index (χ2v) is 3.06. The molecule has 0 radical (unpaired) electrons. The zero-order valence-electron chi connectivity index (χ0n) is 8.11. The lowest BCUT2D eigenvalue weighted by atomic mass is 10.3. The average Bonchev–Trinajstić information content (AvgIpc) is 2.07. The molecule has 68 valence electrons. The normalized spacial score (nSPS) is 23.7. The molecule has 0 aliphatic carbocycles. The summed E-state index contributed by atoms with van der Waals surface area (Å²) in [5.41, 5.74) is 0. The van der Waals surface area contributed by atoms with Gasteiger partial charge in [-0.15, -0.1) is 0 Å². The summed E-state index contributed by atoms with van der Waals surface area (Å²) in [5, 5.41) is 6.59. The molecule has 0 spiro atoms. The Kier molecular flexibility index (Phi) is 7.96. The maximum Gasteiger partial charge on any atom is 0.0164 e. The van der Waals surface area contributed by atoms with E-state index >= 15 is 0 Å². The molecule has 1 rings (SSSR count). The lowest BCUT2D eigenvalue weighted by Gasteiger charge is -2.19. The van der Waals surface area contributed by atoms with Crippen LogP contribution in [0.4, 0.5) is 0 Å². The fourth-order valence-electron chi connectivity index (χ4n) is 0.798. The van der Waals surface area contributed by atoms with Crippen molar-refractivity contribution in [3.8, 4) is 0 Å². The van der Waals surface area contributed by atoms with Gasteiger partial charge in [-0.25, -0.2) is 0 Å². The first-order chi connectivity index (χ1) is 5.31. The molecule has 1 saturated heterocycles. The number of hydrogen-bond donors (Lipinski definition) is 2. The summed E-state index contributed by atoms with van der Waals surface area (Å²) in [6.45, 7) is 9.93. The van der Waals surface area contributed by atoms with E-state index in [0.29, 0.717) is 6.04 Å². The Morgan fingerprint density at radius 2 is 1.82 bits per heavy atom. The fraction of sp³-hybridized carbons (Fsp3) is 1.00. The van der Waals surface area contributed by atoms with Gasteiger partial charge < -0.3 is 10.6 Å². The van der Waals surface area contributed by atoms with Crippen LogP contribution >= 0.6 is 0 Å². The Labute approximate surface area is 70.8 Å². The Balaban J connectivity index is 0.000000218. The molecule has 1 aliphatic heterocycles. The molecule has 0 saturated carbocycles. The van der Waals surface area contributed by atoms with Crippen LogP contribution in [0.15, 0.2) is 0 Å². The quantitative estimate of drug-likeness (QED) is 0.602. The van der Waals surface area contributed by atoms with Crippen LogP contribution in [-0.4, -0.2) is 25.7 Å². The molecule has 1 unspecified atom stereocenters. The standard InChI is InChI=1S/C5H12N2.C4H10/c1-5-4-6-2-3-7-5;1-3-4-2/h5-7H,2-4H2,1H3;3-4H2,1-2H3. The summed E-state index contributed by atoms with van der Waals surface area (Å²) in [7, 11) is 0. The summed E-state index contributed by atoms with van der Waals surface area (Å²) >= 11 is 0. The number of unbranched alkanes of at least 4 members (excludes halogenated alkanes) is 1. The lowest BCUT2D eigenvalue weighted by Crippen LogP contribution is -2.46. The third kappa shape index (κ3) is 7.82. The summed E-state index contributed by atoms with van der Waals surface area (Å²) in [6.07, 6.45) is 2.64. The SMILES string of the molecule is CC1CNCCN1.CCCC. The van der Waals surface area contributed by atoms with Gasteiger partial charge in [-0.1, -0.05) is 26.7 Å². The van der Waals surface area contributed by atoms with E-state index in [9.17, 15) is 0 Å². The van der Waals surface area contributed by atoms with Crippen LogP contribution in [0.25, 0.3) is 0 Å². The van der Waals surface area contributed by atoms with Crippen LogP contribution in [0.2, 0.25) is 0 Å². The predicted molar refractivity (Wildman–Crippen MR) is 50.9 cm³/mol. The highest BCUT2D eigenvalue weighted by molar-refractivity contribution is 4.69. The van der Waals surface area contributed by atoms with Crippen molar-refractivity contribution in [2.45, 2.75) is 39.7 Å². The minimum absolute atomic E-state index is 0.675. The van der Waals surface area contributed by atoms with Crippen molar-refractivity contribution < 1.29 is 0 Å². The molecule has 11 heavy (non-hydrogen) atoms. The third-order valence-corrected chi connectivity index (χ3v) is 1.75. The second-order valence-electron chi connectivity index (χ2n) is 3.06. The van der Waals surface area contributed by atoms with Crippen LogP contribution in [-0.2, 0) is 0 Å². The van der Waals surface area contributed by atoms with E-state index in [4.69, 9.17) is 0 Å². The van der Waals surface area contributed by atoms with Gasteiger partial charge in [0.15, 0.2) is 0 Å². The maximum atomic E-state index is 3.32. The molecular formula is C9H22N2. The smallest absolute Gasteiger partial charge is 0.0164 e. The van der Waals surface area contributed by atoms with Gasteiger partial charge >= 0.3 is 0 Å². The summed E-state index contributed by atoms with van der Waals surface area (Å²) in [6, 6.07) is 0.675. The topological polar surface area (TPSA) is 24.1 Å². The van der Waals surface area contributed by atoms with Gasteiger partial charge in [-0.05, 0) is 6.92 Å². The summed E-state index contributed by atoms with van der Waals surface area (Å²) < 4.78 is 0. The first-order valence-electron chi connectivity index (χ1n) is 4.75. The summed E-state index contributed by atoms with van der Waals surface area (Å²) in [5.74, 6) is 0. The van der Waals surface area contributed by atoms with Gasteiger partial charge in [-0.3, -0.25) is 0 Å². The number of hydrogen-bond acceptors (Lipinski definition) is 2. The minimum Gasteiger partial charge on any atom is -0.314 e. The zero-order chi connectivity index (χ0) is 8.53. The molecule has 0 aromatic heterocycles. The van der Waals surface area contributed by atoms with Gasteiger partial charge in [0.1, 0.15) is 0 Å². The average molecular weight is 158 g/mol. The molecule has 1 fully saturated rings. The predicted octanol–water partition coefficient (Wildman–Crippen LogP) is 1.37. The van der Waals surface area contributed by atoms with Gasteiger partial charge in [0.25, 0.3) is 0 Å². The van der Waals surface area contributed by atoms with Crippen molar-refractivity contribution in [1.82, 2.24) is 10.6 Å². The van der Waals surface area contributed by atoms with E-state index in [-0.39, 0.29) is 0 Å². The molecule has 2 heteroatoms. The maximum absolute atomic E-state index is 3.32. The van der Waals surface area contributed by atoms with Crippen molar-refractivity contribution in [2.75, 3.05) is 19.6 Å². The van der Waals surface area contributed by atoms with Crippen molar-refractivity contribution in [1.29, 1.82) is 0 Å². The first kappa shape index (κ1) is 10.9. The van der Waals surface area contributed by atoms with Gasteiger partial charge in [0, 0.05) is 25.7 Å². The largest absolute Gasteiger partial charge is 0.314 e. The highest BCUT2D eigenvalue weighted by Crippen LogP contribution is 1.80. The second kappa shape index (κ2) is 8.02. The molecule has 1 aliphatic rings. The van der Waals surface area contributed by atoms with E-state index in [1.54, 1.807) is 0 Å². The van der Waals surface area contributed by atoms with Gasteiger partial charge in [-0.2, -0.15) is 0 Å². The Morgan fingerprint density at radius 1 is 1.18 bits per heavy atom. The van der Waals surface area contributed by atoms with Crippen LogP contribution < -0.4 is 10.6 Å². The molecule has 2 N–H and O–H groups in total. The summed E-state index contributed by atoms with van der Waals surface area (Å²) in [4.78, 5) is 0. The number of piperazine rings is 1. The highest BCUT2D eigenvalue weighted by atomic mass is 15.0. The number of rotatable bonds is 1. The van der Waals surface area contributed by atoms with E-state index < -0.39 is 0 Å². The Bertz CT molecular complexity index is 66.0. The molecular weight excluding hydrogens is 136 g/mol. The zero-order valence-corrected chi connectivity index (χ0v) is 8.11. The molecule has 0 bridgehead atoms. The first-order valence-corrected chi connectivity index (χ1v) is 4.75. The van der Waals surface area contributed by atoms with Crippen LogP contribution in [0.3, 0.4) is 0 Å². The van der Waals surface area contributed by atoms with E-state index in [0.717, 1.165) is 19.6 Å². The van der Waals surface area contributed by atoms with Crippen LogP contribution in [0.5, 0.6) is 0 Å². The molecule has 0 aromatic rings. The van der Waals surface area contributed by atoms with E-state index in [1.165, 1.54) is 12.8 Å². The van der Waals surface area contributed by atoms with Gasteiger partial charge in [0.2, 0.25) is 0 Å². The van der Waals surface area contributed by atoms with Crippen LogP contribution in [0, 0.1) is 0 Å². The third-order valence-electron chi connectivity index (χ3n) is 1.75. The monoisotopic (exact) mass is 158 g/mol. The lowest BCUT2D eigenvalue weighted by molar-refractivity contribution is 0.442. The Hall–Kier alpha value is -0.0800. The van der Waals surface area contributed by atoms with Crippen molar-refractivity contribution in [2.24, 2.45) is 0 Å².